The highest BCUT2D eigenvalue weighted by Gasteiger charge is 2.23. The lowest BCUT2D eigenvalue weighted by Crippen LogP contribution is -2.09. The number of nitriles is 1. The third-order valence-electron chi connectivity index (χ3n) is 3.33. The predicted molar refractivity (Wildman–Crippen MR) is 95.2 cm³/mol. The van der Waals surface area contributed by atoms with E-state index in [1.54, 1.807) is 18.2 Å². The number of thiophene rings is 1. The average molecular weight is 345 g/mol. The first-order chi connectivity index (χ1) is 11.4. The Morgan fingerprint density at radius 1 is 1.29 bits per heavy atom. The van der Waals surface area contributed by atoms with Crippen molar-refractivity contribution in [2.45, 2.75) is 19.9 Å². The first-order valence-electron chi connectivity index (χ1n) is 7.28. The van der Waals surface area contributed by atoms with E-state index in [9.17, 15) is 10.1 Å². The Kier molecular flexibility index (Phi) is 5.31. The first-order valence-corrected chi connectivity index (χ1v) is 8.10. The number of hydrogen-bond acceptors (Lipinski definition) is 7. The van der Waals surface area contributed by atoms with Crippen LogP contribution in [0, 0.1) is 11.3 Å². The van der Waals surface area contributed by atoms with E-state index in [2.05, 4.69) is 11.4 Å². The highest BCUT2D eigenvalue weighted by molar-refractivity contribution is 7.19. The molecule has 1 aromatic carbocycles. The number of nitrogen functional groups attached to an aromatic ring is 1. The van der Waals surface area contributed by atoms with Crippen LogP contribution >= 0.6 is 11.3 Å². The maximum Gasteiger partial charge on any atom is 0.205 e. The van der Waals surface area contributed by atoms with Gasteiger partial charge in [-0.2, -0.15) is 5.26 Å². The zero-order valence-electron chi connectivity index (χ0n) is 14.0. The Morgan fingerprint density at radius 2 is 1.96 bits per heavy atom. The van der Waals surface area contributed by atoms with Gasteiger partial charge in [-0.1, -0.05) is 0 Å². The van der Waals surface area contributed by atoms with Gasteiger partial charge in [-0.25, -0.2) is 0 Å². The number of nitrogens with zero attached hydrogens (tertiary/aromatic N) is 1. The fourth-order valence-electron chi connectivity index (χ4n) is 2.20. The van der Waals surface area contributed by atoms with Crippen LogP contribution in [0.4, 0.5) is 10.7 Å². The van der Waals surface area contributed by atoms with E-state index in [1.807, 2.05) is 13.8 Å². The number of nitrogens with one attached hydrogen (secondary N) is 1. The molecule has 24 heavy (non-hydrogen) atoms. The number of anilines is 2. The average Bonchev–Trinajstić information content (AvgIpc) is 2.88. The van der Waals surface area contributed by atoms with Gasteiger partial charge < -0.3 is 20.5 Å². The van der Waals surface area contributed by atoms with Crippen LogP contribution < -0.4 is 20.5 Å². The second kappa shape index (κ2) is 7.23. The summed E-state index contributed by atoms with van der Waals surface area (Å²) in [6, 6.07) is 7.09. The molecule has 1 aromatic heterocycles. The molecule has 0 bridgehead atoms. The molecule has 1 heterocycles. The van der Waals surface area contributed by atoms with Crippen LogP contribution in [0.3, 0.4) is 0 Å². The lowest BCUT2D eigenvalue weighted by molar-refractivity contribution is 0.104. The number of methoxy groups -OCH3 is 2. The molecule has 0 aliphatic heterocycles. The quantitative estimate of drug-likeness (QED) is 0.780. The minimum absolute atomic E-state index is 0.124. The fraction of sp³-hybridized carbons (Fsp3) is 0.294. The maximum absolute atomic E-state index is 12.8. The van der Waals surface area contributed by atoms with E-state index >= 15 is 0 Å². The van der Waals surface area contributed by atoms with Gasteiger partial charge >= 0.3 is 0 Å². The summed E-state index contributed by atoms with van der Waals surface area (Å²) >= 11 is 1.19. The van der Waals surface area contributed by atoms with Gasteiger partial charge in [0.15, 0.2) is 11.5 Å². The second-order valence-electron chi connectivity index (χ2n) is 5.36. The highest BCUT2D eigenvalue weighted by atomic mass is 32.1. The van der Waals surface area contributed by atoms with E-state index in [4.69, 9.17) is 15.2 Å². The molecule has 2 rings (SSSR count). The standard InChI is InChI=1S/C17H19N3O3S/c1-9(2)20-17-11(8-18)14(19)16(24-17)15(21)10-5-6-12(22-3)13(7-10)23-4/h5-7,9,20H,19H2,1-4H3. The van der Waals surface area contributed by atoms with Gasteiger partial charge in [-0.05, 0) is 32.0 Å². The molecule has 0 aliphatic rings. The summed E-state index contributed by atoms with van der Waals surface area (Å²) < 4.78 is 10.4. The normalized spacial score (nSPS) is 10.3. The van der Waals surface area contributed by atoms with Crippen molar-refractivity contribution in [3.8, 4) is 17.6 Å². The molecule has 0 fully saturated rings. The lowest BCUT2D eigenvalue weighted by atomic mass is 10.1. The molecule has 6 nitrogen and oxygen atoms in total. The number of rotatable bonds is 6. The largest absolute Gasteiger partial charge is 0.493 e. The number of hydrogen-bond donors (Lipinski definition) is 2. The molecule has 0 saturated carbocycles. The molecule has 0 saturated heterocycles. The molecular formula is C17H19N3O3S. The Hall–Kier alpha value is -2.72. The fourth-order valence-corrected chi connectivity index (χ4v) is 3.37. The summed E-state index contributed by atoms with van der Waals surface area (Å²) in [6.45, 7) is 3.90. The zero-order valence-corrected chi connectivity index (χ0v) is 14.8. The van der Waals surface area contributed by atoms with Crippen LogP contribution in [0.25, 0.3) is 0 Å². The monoisotopic (exact) mass is 345 g/mol. The number of benzene rings is 1. The van der Waals surface area contributed by atoms with Crippen molar-refractivity contribution < 1.29 is 14.3 Å². The highest BCUT2D eigenvalue weighted by Crippen LogP contribution is 2.38. The molecule has 0 radical (unpaired) electrons. The number of carbonyl (C=O) groups is 1. The van der Waals surface area contributed by atoms with Crippen molar-refractivity contribution in [3.05, 3.63) is 34.2 Å². The minimum atomic E-state index is -0.258. The van der Waals surface area contributed by atoms with Crippen LogP contribution in [0.1, 0.15) is 34.6 Å². The summed E-state index contributed by atoms with van der Waals surface area (Å²) in [7, 11) is 3.03. The number of nitrogens with two attached hydrogens (primary N) is 1. The van der Waals surface area contributed by atoms with E-state index in [-0.39, 0.29) is 17.5 Å². The number of ketones is 1. The maximum atomic E-state index is 12.8. The molecular weight excluding hydrogens is 326 g/mol. The summed E-state index contributed by atoms with van der Waals surface area (Å²) in [4.78, 5) is 13.1. The summed E-state index contributed by atoms with van der Waals surface area (Å²) in [6.07, 6.45) is 0. The van der Waals surface area contributed by atoms with Gasteiger partial charge in [0.25, 0.3) is 0 Å². The van der Waals surface area contributed by atoms with Crippen molar-refractivity contribution in [1.29, 1.82) is 5.26 Å². The van der Waals surface area contributed by atoms with Crippen molar-refractivity contribution in [2.75, 3.05) is 25.3 Å². The molecule has 0 aliphatic carbocycles. The van der Waals surface area contributed by atoms with Crippen LogP contribution in [0.5, 0.6) is 11.5 Å². The van der Waals surface area contributed by atoms with E-state index < -0.39 is 0 Å². The molecule has 0 amide bonds. The Balaban J connectivity index is 2.47. The van der Waals surface area contributed by atoms with Gasteiger partial charge in [0.05, 0.1) is 19.9 Å². The molecule has 0 spiro atoms. The van der Waals surface area contributed by atoms with Crippen LogP contribution in [0.15, 0.2) is 18.2 Å². The Labute approximate surface area is 144 Å². The van der Waals surface area contributed by atoms with E-state index in [0.717, 1.165) is 0 Å². The third-order valence-corrected chi connectivity index (χ3v) is 4.46. The van der Waals surface area contributed by atoms with Gasteiger partial charge in [-0.15, -0.1) is 11.3 Å². The van der Waals surface area contributed by atoms with E-state index in [0.29, 0.717) is 32.5 Å². The molecule has 7 heteroatoms. The lowest BCUT2D eigenvalue weighted by Gasteiger charge is -2.08. The van der Waals surface area contributed by atoms with Crippen molar-refractivity contribution in [2.24, 2.45) is 0 Å². The summed E-state index contributed by atoms with van der Waals surface area (Å²) in [5, 5.41) is 13.1. The van der Waals surface area contributed by atoms with E-state index in [1.165, 1.54) is 25.6 Å². The molecule has 0 unspecified atom stereocenters. The minimum Gasteiger partial charge on any atom is -0.493 e. The van der Waals surface area contributed by atoms with Gasteiger partial charge in [0.1, 0.15) is 21.5 Å². The predicted octanol–water partition coefficient (Wildman–Crippen LogP) is 3.27. The SMILES string of the molecule is COc1ccc(C(=O)c2sc(NC(C)C)c(C#N)c2N)cc1OC. The van der Waals surface area contributed by atoms with Crippen LogP contribution in [-0.4, -0.2) is 26.0 Å². The van der Waals surface area contributed by atoms with Crippen molar-refractivity contribution in [3.63, 3.8) is 0 Å². The van der Waals surface area contributed by atoms with Crippen LogP contribution in [-0.2, 0) is 0 Å². The molecule has 3 N–H and O–H groups in total. The molecule has 0 atom stereocenters. The smallest absolute Gasteiger partial charge is 0.205 e. The topological polar surface area (TPSA) is 97.4 Å². The molecule has 126 valence electrons. The first kappa shape index (κ1) is 17.6. The second-order valence-corrected chi connectivity index (χ2v) is 6.38. The van der Waals surface area contributed by atoms with Crippen molar-refractivity contribution >= 4 is 27.8 Å². The number of ether oxygens (including phenoxy) is 2. The van der Waals surface area contributed by atoms with Gasteiger partial charge in [0.2, 0.25) is 5.78 Å². The Bertz CT molecular complexity index is 806. The zero-order chi connectivity index (χ0) is 17.9. The number of carbonyl (C=O) groups excluding carboxylic acids is 1. The van der Waals surface area contributed by atoms with Gasteiger partial charge in [-0.3, -0.25) is 4.79 Å². The molecule has 2 aromatic rings. The summed E-state index contributed by atoms with van der Waals surface area (Å²) in [5.41, 5.74) is 6.95. The third kappa shape index (κ3) is 3.29. The van der Waals surface area contributed by atoms with Gasteiger partial charge in [0, 0.05) is 11.6 Å². The van der Waals surface area contributed by atoms with Crippen molar-refractivity contribution in [1.82, 2.24) is 0 Å². The Morgan fingerprint density at radius 3 is 2.50 bits per heavy atom. The van der Waals surface area contributed by atoms with Crippen LogP contribution in [0.2, 0.25) is 0 Å². The summed E-state index contributed by atoms with van der Waals surface area (Å²) in [5.74, 6) is 0.736.